The van der Waals surface area contributed by atoms with Gasteiger partial charge in [0.05, 0.1) is 6.04 Å². The molecule has 2 N–H and O–H groups in total. The van der Waals surface area contributed by atoms with Gasteiger partial charge in [0.25, 0.3) is 0 Å². The van der Waals surface area contributed by atoms with Gasteiger partial charge in [0.15, 0.2) is 0 Å². The lowest BCUT2D eigenvalue weighted by Crippen LogP contribution is -2.47. The molecule has 1 saturated heterocycles. The van der Waals surface area contributed by atoms with Crippen molar-refractivity contribution >= 4 is 27.9 Å². The third-order valence-electron chi connectivity index (χ3n) is 3.63. The molecule has 1 aliphatic heterocycles. The Bertz CT molecular complexity index is 518. The Morgan fingerprint density at radius 3 is 2.62 bits per heavy atom. The van der Waals surface area contributed by atoms with Crippen LogP contribution in [0.15, 0.2) is 28.7 Å². The van der Waals surface area contributed by atoms with Gasteiger partial charge in [-0.2, -0.15) is 0 Å². The number of carbonyl (C=O) groups excluding carboxylic acids is 2. The summed E-state index contributed by atoms with van der Waals surface area (Å²) >= 11 is 3.42. The van der Waals surface area contributed by atoms with E-state index in [1.165, 1.54) is 4.90 Å². The SMILES string of the molecule is CC[C@@H](N[C@H](C)C(=O)N1CCNC1=O)c1ccc(Br)cc1. The van der Waals surface area contributed by atoms with Gasteiger partial charge in [0, 0.05) is 23.6 Å². The fraction of sp³-hybridized carbons (Fsp3) is 0.467. The second-order valence-corrected chi connectivity index (χ2v) is 6.04. The minimum Gasteiger partial charge on any atom is -0.336 e. The number of rotatable bonds is 5. The summed E-state index contributed by atoms with van der Waals surface area (Å²) in [6.45, 7) is 4.84. The van der Waals surface area contributed by atoms with Gasteiger partial charge in [0.2, 0.25) is 5.91 Å². The lowest BCUT2D eigenvalue weighted by molar-refractivity contribution is -0.129. The molecule has 0 spiro atoms. The highest BCUT2D eigenvalue weighted by Gasteiger charge is 2.30. The van der Waals surface area contributed by atoms with Crippen LogP contribution < -0.4 is 10.6 Å². The smallest absolute Gasteiger partial charge is 0.324 e. The van der Waals surface area contributed by atoms with E-state index in [1.807, 2.05) is 24.3 Å². The van der Waals surface area contributed by atoms with Gasteiger partial charge >= 0.3 is 6.03 Å². The summed E-state index contributed by atoms with van der Waals surface area (Å²) in [5.41, 5.74) is 1.13. The molecule has 0 radical (unpaired) electrons. The van der Waals surface area contributed by atoms with Crippen molar-refractivity contribution in [1.29, 1.82) is 0 Å². The van der Waals surface area contributed by atoms with E-state index in [2.05, 4.69) is 33.5 Å². The normalized spacial score (nSPS) is 17.5. The molecule has 6 heteroatoms. The minimum atomic E-state index is -0.401. The molecule has 0 aromatic heterocycles. The number of urea groups is 1. The Morgan fingerprint density at radius 2 is 2.10 bits per heavy atom. The first-order valence-corrected chi connectivity index (χ1v) is 7.93. The summed E-state index contributed by atoms with van der Waals surface area (Å²) in [4.78, 5) is 25.1. The van der Waals surface area contributed by atoms with Gasteiger partial charge in [-0.1, -0.05) is 35.0 Å². The maximum atomic E-state index is 12.3. The molecule has 21 heavy (non-hydrogen) atoms. The zero-order valence-electron chi connectivity index (χ0n) is 12.2. The molecule has 1 aliphatic rings. The van der Waals surface area contributed by atoms with Gasteiger partial charge < -0.3 is 5.32 Å². The zero-order chi connectivity index (χ0) is 15.4. The molecule has 0 aliphatic carbocycles. The fourth-order valence-corrected chi connectivity index (χ4v) is 2.70. The summed E-state index contributed by atoms with van der Waals surface area (Å²) < 4.78 is 1.03. The van der Waals surface area contributed by atoms with E-state index in [4.69, 9.17) is 0 Å². The molecule has 1 fully saturated rings. The van der Waals surface area contributed by atoms with Crippen LogP contribution in [0.2, 0.25) is 0 Å². The Kier molecular flexibility index (Phi) is 5.36. The third-order valence-corrected chi connectivity index (χ3v) is 4.15. The first-order chi connectivity index (χ1) is 10.0. The van der Waals surface area contributed by atoms with Crippen molar-refractivity contribution in [2.75, 3.05) is 13.1 Å². The van der Waals surface area contributed by atoms with Crippen molar-refractivity contribution in [3.63, 3.8) is 0 Å². The molecular weight excluding hydrogens is 334 g/mol. The van der Waals surface area contributed by atoms with E-state index >= 15 is 0 Å². The fourth-order valence-electron chi connectivity index (χ4n) is 2.43. The largest absolute Gasteiger partial charge is 0.336 e. The number of amides is 3. The topological polar surface area (TPSA) is 61.4 Å². The lowest BCUT2D eigenvalue weighted by Gasteiger charge is -2.24. The van der Waals surface area contributed by atoms with Crippen molar-refractivity contribution in [2.45, 2.75) is 32.4 Å². The summed E-state index contributed by atoms with van der Waals surface area (Å²) in [5.74, 6) is -0.180. The van der Waals surface area contributed by atoms with Crippen molar-refractivity contribution in [3.8, 4) is 0 Å². The van der Waals surface area contributed by atoms with E-state index in [0.29, 0.717) is 13.1 Å². The number of halogens is 1. The van der Waals surface area contributed by atoms with Crippen LogP contribution in [0, 0.1) is 0 Å². The van der Waals surface area contributed by atoms with Crippen molar-refractivity contribution < 1.29 is 9.59 Å². The Hall–Kier alpha value is -1.40. The van der Waals surface area contributed by atoms with Gasteiger partial charge in [-0.25, -0.2) is 4.79 Å². The Morgan fingerprint density at radius 1 is 1.43 bits per heavy atom. The van der Waals surface area contributed by atoms with E-state index in [9.17, 15) is 9.59 Å². The van der Waals surface area contributed by atoms with Crippen LogP contribution in [0.25, 0.3) is 0 Å². The number of hydrogen-bond donors (Lipinski definition) is 2. The average Bonchev–Trinajstić information content (AvgIpc) is 2.91. The predicted molar refractivity (Wildman–Crippen MR) is 84.9 cm³/mol. The van der Waals surface area contributed by atoms with Crippen molar-refractivity contribution in [2.24, 2.45) is 0 Å². The van der Waals surface area contributed by atoms with E-state index in [1.54, 1.807) is 6.92 Å². The van der Waals surface area contributed by atoms with Crippen LogP contribution in [0.5, 0.6) is 0 Å². The van der Waals surface area contributed by atoms with Gasteiger partial charge in [-0.3, -0.25) is 15.0 Å². The maximum Gasteiger partial charge on any atom is 0.324 e. The average molecular weight is 354 g/mol. The van der Waals surface area contributed by atoms with Gasteiger partial charge in [-0.05, 0) is 31.0 Å². The zero-order valence-corrected chi connectivity index (χ0v) is 13.8. The van der Waals surface area contributed by atoms with Gasteiger partial charge in [0.1, 0.15) is 0 Å². The molecule has 0 saturated carbocycles. The number of imide groups is 1. The number of benzene rings is 1. The van der Waals surface area contributed by atoms with E-state index in [-0.39, 0.29) is 18.0 Å². The number of hydrogen-bond acceptors (Lipinski definition) is 3. The minimum absolute atomic E-state index is 0.0858. The van der Waals surface area contributed by atoms with E-state index in [0.717, 1.165) is 16.5 Å². The summed E-state index contributed by atoms with van der Waals surface area (Å²) in [6, 6.07) is 7.42. The molecule has 1 aromatic carbocycles. The highest BCUT2D eigenvalue weighted by atomic mass is 79.9. The molecule has 0 bridgehead atoms. The predicted octanol–water partition coefficient (Wildman–Crippen LogP) is 2.43. The molecule has 5 nitrogen and oxygen atoms in total. The van der Waals surface area contributed by atoms with Gasteiger partial charge in [-0.15, -0.1) is 0 Å². The molecule has 114 valence electrons. The third kappa shape index (κ3) is 3.83. The second kappa shape index (κ2) is 7.04. The van der Waals surface area contributed by atoms with Crippen LogP contribution in [0.1, 0.15) is 31.9 Å². The first kappa shape index (κ1) is 16.0. The standard InChI is InChI=1S/C15H20BrN3O2/c1-3-13(11-4-6-12(16)7-5-11)18-10(2)14(20)19-9-8-17-15(19)21/h4-7,10,13,18H,3,8-9H2,1-2H3,(H,17,21)/t10-,13-/m1/s1. The van der Waals surface area contributed by atoms with Crippen molar-refractivity contribution in [1.82, 2.24) is 15.5 Å². The van der Waals surface area contributed by atoms with Crippen LogP contribution in [-0.2, 0) is 4.79 Å². The molecule has 0 unspecified atom stereocenters. The highest BCUT2D eigenvalue weighted by Crippen LogP contribution is 2.20. The summed E-state index contributed by atoms with van der Waals surface area (Å²) in [7, 11) is 0. The summed E-state index contributed by atoms with van der Waals surface area (Å²) in [5, 5.41) is 5.96. The van der Waals surface area contributed by atoms with Crippen LogP contribution in [0.3, 0.4) is 0 Å². The Labute approximate surface area is 133 Å². The van der Waals surface area contributed by atoms with Crippen LogP contribution >= 0.6 is 15.9 Å². The molecule has 2 rings (SSSR count). The molecule has 1 aromatic rings. The summed E-state index contributed by atoms with van der Waals surface area (Å²) in [6.07, 6.45) is 0.867. The monoisotopic (exact) mass is 353 g/mol. The molecule has 1 heterocycles. The number of carbonyl (C=O) groups is 2. The van der Waals surface area contributed by atoms with Crippen LogP contribution in [-0.4, -0.2) is 36.0 Å². The number of nitrogens with one attached hydrogen (secondary N) is 2. The van der Waals surface area contributed by atoms with E-state index < -0.39 is 6.04 Å². The Balaban J connectivity index is 2.02. The molecule has 2 atom stereocenters. The molecule has 3 amide bonds. The highest BCUT2D eigenvalue weighted by molar-refractivity contribution is 9.10. The number of nitrogens with zero attached hydrogens (tertiary/aromatic N) is 1. The molecular formula is C15H20BrN3O2. The van der Waals surface area contributed by atoms with Crippen LogP contribution in [0.4, 0.5) is 4.79 Å². The quantitative estimate of drug-likeness (QED) is 0.854. The van der Waals surface area contributed by atoms with Crippen molar-refractivity contribution in [3.05, 3.63) is 34.3 Å². The maximum absolute atomic E-state index is 12.3. The lowest BCUT2D eigenvalue weighted by atomic mass is 10.0. The second-order valence-electron chi connectivity index (χ2n) is 5.12. The first-order valence-electron chi connectivity index (χ1n) is 7.13.